The zero-order valence-corrected chi connectivity index (χ0v) is 10.7. The standard InChI is InChI=1S/C9H18.2C2H6/c1-3-6-9(4-2)7-5-8-9;2*1-2/h3-8H2,1-2H3;2*1-2H3. The molecule has 13 heavy (non-hydrogen) atoms. The van der Waals surface area contributed by atoms with Gasteiger partial charge in [0.05, 0.1) is 0 Å². The Hall–Kier alpha value is 0. The molecule has 0 radical (unpaired) electrons. The average molecular weight is 186 g/mol. The second kappa shape index (κ2) is 10.1. The van der Waals surface area contributed by atoms with Crippen LogP contribution in [-0.4, -0.2) is 0 Å². The normalized spacial score (nSPS) is 17.1. The van der Waals surface area contributed by atoms with Crippen molar-refractivity contribution in [1.82, 2.24) is 0 Å². The first-order chi connectivity index (χ1) is 6.33. The Balaban J connectivity index is 0. The quantitative estimate of drug-likeness (QED) is 0.552. The van der Waals surface area contributed by atoms with E-state index in [0.29, 0.717) is 0 Å². The van der Waals surface area contributed by atoms with E-state index < -0.39 is 0 Å². The van der Waals surface area contributed by atoms with Crippen molar-refractivity contribution in [2.45, 2.75) is 80.1 Å². The Bertz CT molecular complexity index is 74.5. The van der Waals surface area contributed by atoms with Gasteiger partial charge in [0, 0.05) is 0 Å². The maximum Gasteiger partial charge on any atom is -0.0300 e. The van der Waals surface area contributed by atoms with E-state index in [9.17, 15) is 0 Å². The molecule has 0 N–H and O–H groups in total. The number of hydrogen-bond acceptors (Lipinski definition) is 0. The van der Waals surface area contributed by atoms with E-state index in [2.05, 4.69) is 13.8 Å². The summed E-state index contributed by atoms with van der Waals surface area (Å²) >= 11 is 0. The summed E-state index contributed by atoms with van der Waals surface area (Å²) < 4.78 is 0. The highest BCUT2D eigenvalue weighted by molar-refractivity contribution is 4.85. The Morgan fingerprint density at radius 2 is 1.38 bits per heavy atom. The molecule has 0 heteroatoms. The molecule has 0 aromatic heterocycles. The fourth-order valence-corrected chi connectivity index (χ4v) is 1.99. The highest BCUT2D eigenvalue weighted by Gasteiger charge is 2.33. The highest BCUT2D eigenvalue weighted by atomic mass is 14.4. The summed E-state index contributed by atoms with van der Waals surface area (Å²) in [5, 5.41) is 0. The fourth-order valence-electron chi connectivity index (χ4n) is 1.99. The van der Waals surface area contributed by atoms with Crippen LogP contribution in [0.3, 0.4) is 0 Å². The van der Waals surface area contributed by atoms with Crippen molar-refractivity contribution in [2.24, 2.45) is 5.41 Å². The van der Waals surface area contributed by atoms with Crippen LogP contribution < -0.4 is 0 Å². The second-order valence-corrected chi connectivity index (χ2v) is 3.46. The average Bonchev–Trinajstić information content (AvgIpc) is 2.18. The van der Waals surface area contributed by atoms with Gasteiger partial charge in [0.1, 0.15) is 0 Å². The van der Waals surface area contributed by atoms with Gasteiger partial charge in [-0.1, -0.05) is 60.8 Å². The van der Waals surface area contributed by atoms with E-state index in [1.807, 2.05) is 27.7 Å². The molecule has 0 spiro atoms. The first kappa shape index (κ1) is 15.5. The van der Waals surface area contributed by atoms with Gasteiger partial charge in [0.15, 0.2) is 0 Å². The summed E-state index contributed by atoms with van der Waals surface area (Å²) in [5.41, 5.74) is 0.814. The van der Waals surface area contributed by atoms with Crippen LogP contribution in [0.25, 0.3) is 0 Å². The molecule has 0 nitrogen and oxygen atoms in total. The molecule has 82 valence electrons. The summed E-state index contributed by atoms with van der Waals surface area (Å²) in [6.07, 6.45) is 8.79. The van der Waals surface area contributed by atoms with Gasteiger partial charge in [-0.05, 0) is 24.7 Å². The van der Waals surface area contributed by atoms with Crippen molar-refractivity contribution < 1.29 is 0 Å². The van der Waals surface area contributed by atoms with Crippen LogP contribution in [0, 0.1) is 5.41 Å². The van der Waals surface area contributed by atoms with Crippen LogP contribution in [0.4, 0.5) is 0 Å². The predicted molar refractivity (Wildman–Crippen MR) is 64.2 cm³/mol. The molecule has 1 saturated carbocycles. The summed E-state index contributed by atoms with van der Waals surface area (Å²) in [5.74, 6) is 0. The Morgan fingerprint density at radius 1 is 0.923 bits per heavy atom. The molecule has 0 amide bonds. The van der Waals surface area contributed by atoms with Crippen molar-refractivity contribution in [2.75, 3.05) is 0 Å². The molecule has 0 aliphatic heterocycles. The lowest BCUT2D eigenvalue weighted by Crippen LogP contribution is -2.27. The summed E-state index contributed by atoms with van der Waals surface area (Å²) in [6.45, 7) is 12.6. The summed E-state index contributed by atoms with van der Waals surface area (Å²) in [4.78, 5) is 0. The molecule has 0 aromatic rings. The van der Waals surface area contributed by atoms with Gasteiger partial charge in [-0.25, -0.2) is 0 Å². The maximum absolute atomic E-state index is 2.34. The van der Waals surface area contributed by atoms with Crippen molar-refractivity contribution in [3.05, 3.63) is 0 Å². The van der Waals surface area contributed by atoms with E-state index in [4.69, 9.17) is 0 Å². The maximum atomic E-state index is 2.34. The van der Waals surface area contributed by atoms with Gasteiger partial charge in [-0.3, -0.25) is 0 Å². The van der Waals surface area contributed by atoms with Crippen molar-refractivity contribution in [3.63, 3.8) is 0 Å². The lowest BCUT2D eigenvalue weighted by atomic mass is 9.65. The largest absolute Gasteiger partial charge is 0.0683 e. The van der Waals surface area contributed by atoms with Crippen LogP contribution >= 0.6 is 0 Å². The molecule has 0 unspecified atom stereocenters. The lowest BCUT2D eigenvalue weighted by Gasteiger charge is -2.41. The molecule has 1 fully saturated rings. The molecular formula is C13H30. The number of rotatable bonds is 3. The van der Waals surface area contributed by atoms with Crippen molar-refractivity contribution >= 4 is 0 Å². The van der Waals surface area contributed by atoms with Crippen LogP contribution in [0.5, 0.6) is 0 Å². The first-order valence-electron chi connectivity index (χ1n) is 6.33. The smallest absolute Gasteiger partial charge is 0.0300 e. The summed E-state index contributed by atoms with van der Waals surface area (Å²) in [7, 11) is 0. The van der Waals surface area contributed by atoms with E-state index in [0.717, 1.165) is 5.41 Å². The third kappa shape index (κ3) is 5.33. The third-order valence-corrected chi connectivity index (χ3v) is 2.94. The minimum absolute atomic E-state index is 0.814. The van der Waals surface area contributed by atoms with Crippen LogP contribution in [0.15, 0.2) is 0 Å². The molecule has 0 bridgehead atoms. The second-order valence-electron chi connectivity index (χ2n) is 3.46. The molecule has 0 aromatic carbocycles. The van der Waals surface area contributed by atoms with Crippen molar-refractivity contribution in [1.29, 1.82) is 0 Å². The van der Waals surface area contributed by atoms with E-state index in [-0.39, 0.29) is 0 Å². The third-order valence-electron chi connectivity index (χ3n) is 2.94. The van der Waals surface area contributed by atoms with E-state index in [1.165, 1.54) is 38.5 Å². The summed E-state index contributed by atoms with van der Waals surface area (Å²) in [6, 6.07) is 0. The zero-order chi connectivity index (χ0) is 10.7. The van der Waals surface area contributed by atoms with Gasteiger partial charge in [-0.2, -0.15) is 0 Å². The molecule has 0 heterocycles. The molecule has 0 atom stereocenters. The lowest BCUT2D eigenvalue weighted by molar-refractivity contribution is 0.112. The molecule has 1 aliphatic carbocycles. The van der Waals surface area contributed by atoms with Gasteiger partial charge in [0.2, 0.25) is 0 Å². The van der Waals surface area contributed by atoms with Gasteiger partial charge >= 0.3 is 0 Å². The molecule has 1 rings (SSSR count). The van der Waals surface area contributed by atoms with Crippen molar-refractivity contribution in [3.8, 4) is 0 Å². The van der Waals surface area contributed by atoms with E-state index >= 15 is 0 Å². The number of hydrogen-bond donors (Lipinski definition) is 0. The van der Waals surface area contributed by atoms with E-state index in [1.54, 1.807) is 0 Å². The Labute approximate surface area is 86.1 Å². The molecular weight excluding hydrogens is 156 g/mol. The topological polar surface area (TPSA) is 0 Å². The van der Waals surface area contributed by atoms with Crippen LogP contribution in [0.2, 0.25) is 0 Å². The first-order valence-corrected chi connectivity index (χ1v) is 6.33. The monoisotopic (exact) mass is 186 g/mol. The fraction of sp³-hybridized carbons (Fsp3) is 1.00. The van der Waals surface area contributed by atoms with Crippen LogP contribution in [0.1, 0.15) is 80.1 Å². The Kier molecular flexibility index (Phi) is 12.0. The predicted octanol–water partition coefficient (Wildman–Crippen LogP) is 5.42. The molecule has 0 saturated heterocycles. The van der Waals surface area contributed by atoms with Gasteiger partial charge in [0.25, 0.3) is 0 Å². The minimum Gasteiger partial charge on any atom is -0.0683 e. The molecule has 1 aliphatic rings. The Morgan fingerprint density at radius 3 is 1.46 bits per heavy atom. The van der Waals surface area contributed by atoms with Gasteiger partial charge < -0.3 is 0 Å². The zero-order valence-electron chi connectivity index (χ0n) is 10.7. The minimum atomic E-state index is 0.814. The van der Waals surface area contributed by atoms with Gasteiger partial charge in [-0.15, -0.1) is 0 Å². The SMILES string of the molecule is CC.CC.CCCC1(CC)CCC1. The highest BCUT2D eigenvalue weighted by Crippen LogP contribution is 2.47. The van der Waals surface area contributed by atoms with Crippen LogP contribution in [-0.2, 0) is 0 Å².